The summed E-state index contributed by atoms with van der Waals surface area (Å²) >= 11 is 0. The molecule has 0 aliphatic carbocycles. The van der Waals surface area contributed by atoms with E-state index in [0.29, 0.717) is 0 Å². The highest BCUT2D eigenvalue weighted by Crippen LogP contribution is 2.30. The van der Waals surface area contributed by atoms with Crippen LogP contribution in [0.4, 0.5) is 5.69 Å². The molecule has 0 aliphatic heterocycles. The Balaban J connectivity index is 3.03. The number of nitro benzene ring substituents is 1. The lowest BCUT2D eigenvalue weighted by Gasteiger charge is -2.17. The molecular weight excluding hydrogens is 244 g/mol. The van der Waals surface area contributed by atoms with Crippen molar-refractivity contribution in [1.29, 1.82) is 0 Å². The number of aromatic hydroxyl groups is 1. The zero-order chi connectivity index (χ0) is 13.7. The van der Waals surface area contributed by atoms with Crippen LogP contribution in [0, 0.1) is 10.1 Å². The number of nitro groups is 1. The summed E-state index contributed by atoms with van der Waals surface area (Å²) in [6, 6.07) is 3.04. The monoisotopic (exact) mass is 254 g/mol. The maximum Gasteiger partial charge on any atom is 0.270 e. The molecule has 18 heavy (non-hydrogen) atoms. The van der Waals surface area contributed by atoms with Crippen molar-refractivity contribution in [2.45, 2.75) is 12.2 Å². The zero-order valence-electron chi connectivity index (χ0n) is 9.04. The minimum atomic E-state index is -1.59. The van der Waals surface area contributed by atoms with Crippen molar-refractivity contribution >= 4 is 5.69 Å². The van der Waals surface area contributed by atoms with Gasteiger partial charge in [0, 0.05) is 22.6 Å². The molecule has 0 heterocycles. The number of phenols is 1. The van der Waals surface area contributed by atoms with Crippen molar-refractivity contribution in [3.63, 3.8) is 0 Å². The van der Waals surface area contributed by atoms with Crippen LogP contribution in [-0.2, 0) is 0 Å². The molecule has 3 N–H and O–H groups in total. The lowest BCUT2D eigenvalue weighted by atomic mass is 10.0. The molecular formula is C9H10N4O5. The minimum Gasteiger partial charge on any atom is -0.508 e. The third-order valence-electron chi connectivity index (χ3n) is 2.24. The van der Waals surface area contributed by atoms with Gasteiger partial charge in [-0.05, 0) is 11.6 Å². The number of hydrogen-bond acceptors (Lipinski definition) is 6. The summed E-state index contributed by atoms with van der Waals surface area (Å²) in [5.74, 6) is -0.395. The molecule has 9 nitrogen and oxygen atoms in total. The molecule has 96 valence electrons. The molecule has 1 aromatic rings. The number of non-ortho nitro benzene ring substituents is 1. The van der Waals surface area contributed by atoms with Crippen LogP contribution in [0.25, 0.3) is 10.4 Å². The minimum absolute atomic E-state index is 0.204. The first-order valence-corrected chi connectivity index (χ1v) is 4.81. The van der Waals surface area contributed by atoms with E-state index in [4.69, 9.17) is 5.53 Å². The van der Waals surface area contributed by atoms with Crippen molar-refractivity contribution in [2.75, 3.05) is 6.54 Å². The van der Waals surface area contributed by atoms with E-state index < -0.39 is 29.4 Å². The van der Waals surface area contributed by atoms with E-state index >= 15 is 0 Å². The Bertz CT molecular complexity index is 500. The van der Waals surface area contributed by atoms with Crippen LogP contribution in [0.2, 0.25) is 0 Å². The number of benzene rings is 1. The molecule has 0 saturated carbocycles. The molecule has 0 fully saturated rings. The van der Waals surface area contributed by atoms with E-state index in [0.717, 1.165) is 18.2 Å². The number of phenolic OH excluding ortho intramolecular Hbond substituents is 1. The van der Waals surface area contributed by atoms with E-state index in [-0.39, 0.29) is 11.3 Å². The Morgan fingerprint density at radius 1 is 1.50 bits per heavy atom. The van der Waals surface area contributed by atoms with Gasteiger partial charge < -0.3 is 15.3 Å². The molecule has 0 radical (unpaired) electrons. The van der Waals surface area contributed by atoms with Crippen LogP contribution >= 0.6 is 0 Å². The van der Waals surface area contributed by atoms with Gasteiger partial charge >= 0.3 is 0 Å². The maximum absolute atomic E-state index is 10.5. The SMILES string of the molecule is [N-]=[N+]=NCC(O)C(O)c1cc([N+](=O)[O-])ccc1O. The number of azide groups is 1. The van der Waals surface area contributed by atoms with Gasteiger partial charge in [0.25, 0.3) is 5.69 Å². The van der Waals surface area contributed by atoms with Gasteiger partial charge in [-0.3, -0.25) is 10.1 Å². The Hall–Kier alpha value is -2.35. The predicted molar refractivity (Wildman–Crippen MR) is 59.7 cm³/mol. The fourth-order valence-corrected chi connectivity index (χ4v) is 1.32. The highest BCUT2D eigenvalue weighted by molar-refractivity contribution is 5.44. The van der Waals surface area contributed by atoms with Gasteiger partial charge in [0.15, 0.2) is 0 Å². The number of hydrogen-bond donors (Lipinski definition) is 3. The molecule has 1 rings (SSSR count). The van der Waals surface area contributed by atoms with Gasteiger partial charge in [0.1, 0.15) is 11.9 Å². The molecule has 0 amide bonds. The fourth-order valence-electron chi connectivity index (χ4n) is 1.32. The molecule has 2 unspecified atom stereocenters. The lowest BCUT2D eigenvalue weighted by molar-refractivity contribution is -0.385. The van der Waals surface area contributed by atoms with Crippen LogP contribution < -0.4 is 0 Å². The summed E-state index contributed by atoms with van der Waals surface area (Å²) in [5.41, 5.74) is 7.53. The van der Waals surface area contributed by atoms with Crippen molar-refractivity contribution in [3.05, 3.63) is 44.3 Å². The van der Waals surface area contributed by atoms with Gasteiger partial charge in [-0.2, -0.15) is 0 Å². The Labute approximate surface area is 101 Å². The van der Waals surface area contributed by atoms with Gasteiger partial charge in [0.2, 0.25) is 0 Å². The van der Waals surface area contributed by atoms with Gasteiger partial charge in [0.05, 0.1) is 17.6 Å². The normalized spacial score (nSPS) is 13.4. The molecule has 0 bridgehead atoms. The first-order chi connectivity index (χ1) is 8.47. The summed E-state index contributed by atoms with van der Waals surface area (Å²) in [5, 5.41) is 42.2. The van der Waals surface area contributed by atoms with E-state index in [1.807, 2.05) is 0 Å². The number of aliphatic hydroxyl groups excluding tert-OH is 2. The van der Waals surface area contributed by atoms with Crippen molar-refractivity contribution in [1.82, 2.24) is 0 Å². The second kappa shape index (κ2) is 5.82. The largest absolute Gasteiger partial charge is 0.508 e. The second-order valence-corrected chi connectivity index (χ2v) is 3.43. The van der Waals surface area contributed by atoms with E-state index in [1.165, 1.54) is 0 Å². The van der Waals surface area contributed by atoms with Crippen LogP contribution in [0.3, 0.4) is 0 Å². The topological polar surface area (TPSA) is 153 Å². The lowest BCUT2D eigenvalue weighted by Crippen LogP contribution is -2.21. The highest BCUT2D eigenvalue weighted by Gasteiger charge is 2.23. The molecule has 9 heteroatoms. The number of rotatable bonds is 5. The first kappa shape index (κ1) is 13.7. The quantitative estimate of drug-likeness (QED) is 0.235. The fraction of sp³-hybridized carbons (Fsp3) is 0.333. The van der Waals surface area contributed by atoms with E-state index in [9.17, 15) is 25.4 Å². The molecule has 0 aliphatic rings. The Kier molecular flexibility index (Phi) is 4.44. The van der Waals surface area contributed by atoms with Gasteiger partial charge in [-0.1, -0.05) is 5.11 Å². The van der Waals surface area contributed by atoms with Crippen molar-refractivity contribution in [2.24, 2.45) is 5.11 Å². The van der Waals surface area contributed by atoms with Gasteiger partial charge in [-0.25, -0.2) is 0 Å². The smallest absolute Gasteiger partial charge is 0.270 e. The average Bonchev–Trinajstić information content (AvgIpc) is 2.35. The zero-order valence-corrected chi connectivity index (χ0v) is 9.04. The highest BCUT2D eigenvalue weighted by atomic mass is 16.6. The summed E-state index contributed by atoms with van der Waals surface area (Å²) in [6.45, 7) is -0.417. The van der Waals surface area contributed by atoms with E-state index in [2.05, 4.69) is 10.0 Å². The third kappa shape index (κ3) is 3.08. The number of aliphatic hydroxyl groups is 2. The predicted octanol–water partition coefficient (Wildman–Crippen LogP) is 1.00. The molecule has 0 spiro atoms. The molecule has 1 aromatic carbocycles. The second-order valence-electron chi connectivity index (χ2n) is 3.43. The standard InChI is InChI=1S/C9H10N4O5/c10-12-11-4-8(15)9(16)6-3-5(13(17)18)1-2-7(6)14/h1-3,8-9,14-16H,4H2. The Morgan fingerprint density at radius 3 is 2.72 bits per heavy atom. The van der Waals surface area contributed by atoms with Crippen LogP contribution in [0.1, 0.15) is 11.7 Å². The van der Waals surface area contributed by atoms with Crippen LogP contribution in [0.15, 0.2) is 23.3 Å². The summed E-state index contributed by atoms with van der Waals surface area (Å²) in [7, 11) is 0. The van der Waals surface area contributed by atoms with Crippen molar-refractivity contribution in [3.8, 4) is 5.75 Å². The molecule has 0 aromatic heterocycles. The number of nitrogens with zero attached hydrogens (tertiary/aromatic N) is 4. The summed E-state index contributed by atoms with van der Waals surface area (Å²) in [4.78, 5) is 12.2. The third-order valence-corrected chi connectivity index (χ3v) is 2.24. The van der Waals surface area contributed by atoms with Crippen molar-refractivity contribution < 1.29 is 20.2 Å². The van der Waals surface area contributed by atoms with Gasteiger partial charge in [-0.15, -0.1) is 0 Å². The summed E-state index contributed by atoms with van der Waals surface area (Å²) < 4.78 is 0. The van der Waals surface area contributed by atoms with E-state index in [1.54, 1.807) is 0 Å². The molecule has 0 saturated heterocycles. The average molecular weight is 254 g/mol. The maximum atomic E-state index is 10.5. The van der Waals surface area contributed by atoms with Crippen LogP contribution in [0.5, 0.6) is 5.75 Å². The Morgan fingerprint density at radius 2 is 2.17 bits per heavy atom. The van der Waals surface area contributed by atoms with Crippen LogP contribution in [-0.4, -0.2) is 32.9 Å². The first-order valence-electron chi connectivity index (χ1n) is 4.81. The molecule has 2 atom stereocenters. The summed E-state index contributed by atoms with van der Waals surface area (Å²) in [6.07, 6.45) is -3.05.